The molecule has 0 radical (unpaired) electrons. The van der Waals surface area contributed by atoms with Crippen molar-refractivity contribution in [2.45, 2.75) is 6.10 Å². The molecule has 2 aliphatic rings. The van der Waals surface area contributed by atoms with Crippen molar-refractivity contribution in [2.24, 2.45) is 0 Å². The third-order valence-corrected chi connectivity index (χ3v) is 3.45. The number of nitrogens with zero attached hydrogens (tertiary/aromatic N) is 2. The van der Waals surface area contributed by atoms with Crippen LogP contribution in [0.15, 0.2) is 0 Å². The lowest BCUT2D eigenvalue weighted by molar-refractivity contribution is -0.162. The van der Waals surface area contributed by atoms with Gasteiger partial charge in [-0.2, -0.15) is 0 Å². The Morgan fingerprint density at radius 2 is 2.05 bits per heavy atom. The third-order valence-electron chi connectivity index (χ3n) is 3.45. The first kappa shape index (κ1) is 14.2. The molecule has 2 rings (SSSR count). The van der Waals surface area contributed by atoms with Crippen LogP contribution >= 0.6 is 0 Å². The number of esters is 1. The van der Waals surface area contributed by atoms with Crippen molar-refractivity contribution < 1.29 is 19.1 Å². The molecule has 1 N–H and O–H groups in total. The van der Waals surface area contributed by atoms with Gasteiger partial charge in [0, 0.05) is 32.7 Å². The highest BCUT2D eigenvalue weighted by Crippen LogP contribution is 2.08. The lowest BCUT2D eigenvalue weighted by Gasteiger charge is -2.34. The monoisotopic (exact) mass is 271 g/mol. The van der Waals surface area contributed by atoms with Gasteiger partial charge in [-0.1, -0.05) is 0 Å². The van der Waals surface area contributed by atoms with E-state index in [0.717, 1.165) is 26.2 Å². The summed E-state index contributed by atoms with van der Waals surface area (Å²) in [6, 6.07) is 0. The average molecular weight is 271 g/mol. The Balaban J connectivity index is 1.82. The number of hydrogen-bond acceptors (Lipinski definition) is 6. The summed E-state index contributed by atoms with van der Waals surface area (Å²) >= 11 is 0. The number of morpholine rings is 1. The van der Waals surface area contributed by atoms with E-state index in [1.165, 1.54) is 7.11 Å². The molecule has 7 heteroatoms. The van der Waals surface area contributed by atoms with Gasteiger partial charge in [0.05, 0.1) is 26.8 Å². The Hall–Kier alpha value is -1.18. The lowest BCUT2D eigenvalue weighted by atomic mass is 10.2. The van der Waals surface area contributed by atoms with Crippen LogP contribution in [0.25, 0.3) is 0 Å². The molecule has 0 aromatic rings. The standard InChI is InChI=1S/C12H21N3O4/c1-18-12(17)10-8-15(6-7-19-10)11(16)9-14-4-2-13-3-5-14/h10,13H,2-9H2,1H3. The minimum Gasteiger partial charge on any atom is -0.467 e. The van der Waals surface area contributed by atoms with E-state index >= 15 is 0 Å². The van der Waals surface area contributed by atoms with Gasteiger partial charge in [0.1, 0.15) is 0 Å². The number of ether oxygens (including phenoxy) is 2. The first-order valence-corrected chi connectivity index (χ1v) is 6.61. The molecular formula is C12H21N3O4. The van der Waals surface area contributed by atoms with Gasteiger partial charge in [0.2, 0.25) is 5.91 Å². The molecule has 2 saturated heterocycles. The SMILES string of the molecule is COC(=O)C1CN(C(=O)CN2CCNCC2)CCO1. The van der Waals surface area contributed by atoms with Gasteiger partial charge in [-0.05, 0) is 0 Å². The van der Waals surface area contributed by atoms with Gasteiger partial charge in [0.15, 0.2) is 6.10 Å². The van der Waals surface area contributed by atoms with Gasteiger partial charge in [-0.3, -0.25) is 9.69 Å². The Morgan fingerprint density at radius 1 is 1.32 bits per heavy atom. The Bertz CT molecular complexity index is 331. The highest BCUT2D eigenvalue weighted by atomic mass is 16.6. The Morgan fingerprint density at radius 3 is 2.74 bits per heavy atom. The summed E-state index contributed by atoms with van der Waals surface area (Å²) in [5.41, 5.74) is 0. The number of piperazine rings is 1. The normalized spacial score (nSPS) is 25.1. The number of rotatable bonds is 3. The molecular weight excluding hydrogens is 250 g/mol. The molecule has 2 aliphatic heterocycles. The Labute approximate surface area is 112 Å². The maximum absolute atomic E-state index is 12.2. The van der Waals surface area contributed by atoms with Gasteiger partial charge >= 0.3 is 5.97 Å². The second kappa shape index (κ2) is 6.83. The van der Waals surface area contributed by atoms with Crippen molar-refractivity contribution in [3.63, 3.8) is 0 Å². The third kappa shape index (κ3) is 3.89. The van der Waals surface area contributed by atoms with Crippen molar-refractivity contribution in [1.82, 2.24) is 15.1 Å². The first-order valence-electron chi connectivity index (χ1n) is 6.61. The first-order chi connectivity index (χ1) is 9.20. The van der Waals surface area contributed by atoms with Crippen molar-refractivity contribution in [3.8, 4) is 0 Å². The van der Waals surface area contributed by atoms with E-state index in [-0.39, 0.29) is 12.5 Å². The second-order valence-corrected chi connectivity index (χ2v) is 4.75. The van der Waals surface area contributed by atoms with E-state index in [9.17, 15) is 9.59 Å². The average Bonchev–Trinajstić information content (AvgIpc) is 2.47. The fourth-order valence-electron chi connectivity index (χ4n) is 2.31. The number of methoxy groups -OCH3 is 1. The highest BCUT2D eigenvalue weighted by molar-refractivity contribution is 5.80. The molecule has 1 unspecified atom stereocenters. The van der Waals surface area contributed by atoms with Crippen LogP contribution in [0.5, 0.6) is 0 Å². The van der Waals surface area contributed by atoms with E-state index < -0.39 is 12.1 Å². The topological polar surface area (TPSA) is 71.1 Å². The summed E-state index contributed by atoms with van der Waals surface area (Å²) in [6.45, 7) is 5.23. The zero-order valence-electron chi connectivity index (χ0n) is 11.3. The maximum Gasteiger partial charge on any atom is 0.336 e. The van der Waals surface area contributed by atoms with Crippen molar-refractivity contribution >= 4 is 11.9 Å². The van der Waals surface area contributed by atoms with Crippen LogP contribution in [0.3, 0.4) is 0 Å². The quantitative estimate of drug-likeness (QED) is 0.617. The molecule has 7 nitrogen and oxygen atoms in total. The zero-order chi connectivity index (χ0) is 13.7. The van der Waals surface area contributed by atoms with Crippen molar-refractivity contribution in [2.75, 3.05) is 59.5 Å². The summed E-state index contributed by atoms with van der Waals surface area (Å²) < 4.78 is 9.96. The maximum atomic E-state index is 12.2. The van der Waals surface area contributed by atoms with Crippen LogP contribution in [0, 0.1) is 0 Å². The molecule has 0 aromatic carbocycles. The number of amides is 1. The number of carbonyl (C=O) groups excluding carboxylic acids is 2. The molecule has 2 fully saturated rings. The summed E-state index contributed by atoms with van der Waals surface area (Å²) in [6.07, 6.45) is -0.647. The van der Waals surface area contributed by atoms with Crippen LogP contribution < -0.4 is 5.32 Å². The van der Waals surface area contributed by atoms with Gasteiger partial charge in [-0.25, -0.2) is 4.79 Å². The van der Waals surface area contributed by atoms with Crippen molar-refractivity contribution in [3.05, 3.63) is 0 Å². The van der Waals surface area contributed by atoms with Gasteiger partial charge in [0.25, 0.3) is 0 Å². The lowest BCUT2D eigenvalue weighted by Crippen LogP contribution is -2.53. The molecule has 19 heavy (non-hydrogen) atoms. The van der Waals surface area contributed by atoms with E-state index in [4.69, 9.17) is 4.74 Å². The highest BCUT2D eigenvalue weighted by Gasteiger charge is 2.30. The zero-order valence-corrected chi connectivity index (χ0v) is 11.3. The molecule has 0 bridgehead atoms. The van der Waals surface area contributed by atoms with Crippen LogP contribution in [-0.4, -0.2) is 87.3 Å². The van der Waals surface area contributed by atoms with E-state index in [1.54, 1.807) is 4.90 Å². The molecule has 0 aromatic heterocycles. The van der Waals surface area contributed by atoms with Gasteiger partial charge < -0.3 is 19.7 Å². The molecule has 108 valence electrons. The molecule has 1 amide bonds. The smallest absolute Gasteiger partial charge is 0.336 e. The number of carbonyl (C=O) groups is 2. The van der Waals surface area contributed by atoms with Crippen LogP contribution in [0.4, 0.5) is 0 Å². The number of hydrogen-bond donors (Lipinski definition) is 1. The molecule has 0 spiro atoms. The molecule has 1 atom stereocenters. The fraction of sp³-hybridized carbons (Fsp3) is 0.833. The minimum atomic E-state index is -0.647. The van der Waals surface area contributed by atoms with E-state index in [2.05, 4.69) is 15.0 Å². The fourth-order valence-corrected chi connectivity index (χ4v) is 2.31. The summed E-state index contributed by atoms with van der Waals surface area (Å²) in [4.78, 5) is 27.4. The predicted molar refractivity (Wildman–Crippen MR) is 67.6 cm³/mol. The summed E-state index contributed by atoms with van der Waals surface area (Å²) in [5.74, 6) is -0.362. The Kier molecular flexibility index (Phi) is 5.12. The van der Waals surface area contributed by atoms with E-state index in [0.29, 0.717) is 19.7 Å². The van der Waals surface area contributed by atoms with Crippen LogP contribution in [-0.2, 0) is 19.1 Å². The van der Waals surface area contributed by atoms with Gasteiger partial charge in [-0.15, -0.1) is 0 Å². The molecule has 2 heterocycles. The number of nitrogens with one attached hydrogen (secondary N) is 1. The summed E-state index contributed by atoms with van der Waals surface area (Å²) in [7, 11) is 1.33. The van der Waals surface area contributed by atoms with Crippen LogP contribution in [0.2, 0.25) is 0 Å². The summed E-state index contributed by atoms with van der Waals surface area (Å²) in [5, 5.41) is 3.25. The van der Waals surface area contributed by atoms with Crippen LogP contribution in [0.1, 0.15) is 0 Å². The van der Waals surface area contributed by atoms with Crippen molar-refractivity contribution in [1.29, 1.82) is 0 Å². The molecule has 0 aliphatic carbocycles. The molecule has 0 saturated carbocycles. The second-order valence-electron chi connectivity index (χ2n) is 4.75. The van der Waals surface area contributed by atoms with E-state index in [1.807, 2.05) is 0 Å². The predicted octanol–water partition coefficient (Wildman–Crippen LogP) is -1.71. The minimum absolute atomic E-state index is 0.0547. The largest absolute Gasteiger partial charge is 0.467 e.